The van der Waals surface area contributed by atoms with E-state index in [0.717, 1.165) is 13.2 Å². The van der Waals surface area contributed by atoms with E-state index in [1.807, 2.05) is 0 Å². The molecule has 1 aromatic heterocycles. The van der Waals surface area contributed by atoms with Gasteiger partial charge in [-0.05, 0) is 18.2 Å². The highest BCUT2D eigenvalue weighted by Gasteiger charge is 2.27. The van der Waals surface area contributed by atoms with Gasteiger partial charge in [-0.2, -0.15) is 0 Å². The average Bonchev–Trinajstić information content (AvgIpc) is 2.66. The zero-order valence-corrected chi connectivity index (χ0v) is 8.45. The molecule has 0 radical (unpaired) electrons. The summed E-state index contributed by atoms with van der Waals surface area (Å²) in [5.41, 5.74) is -0.468. The van der Waals surface area contributed by atoms with Crippen molar-refractivity contribution in [2.24, 2.45) is 0 Å². The van der Waals surface area contributed by atoms with Crippen molar-refractivity contribution in [2.45, 2.75) is 6.32 Å². The molecule has 0 atom stereocenters. The summed E-state index contributed by atoms with van der Waals surface area (Å²) in [6, 6.07) is 2.96. The largest absolute Gasteiger partial charge is 0.482 e. The van der Waals surface area contributed by atoms with Crippen molar-refractivity contribution in [2.75, 3.05) is 7.11 Å². The molecule has 1 heterocycles. The molecule has 1 aromatic rings. The zero-order chi connectivity index (χ0) is 12.2. The first-order chi connectivity index (χ1) is 7.42. The maximum absolute atomic E-state index is 12.2. The molecule has 0 unspecified atom stereocenters. The van der Waals surface area contributed by atoms with Crippen LogP contribution in [0.4, 0.5) is 12.9 Å². The van der Waals surface area contributed by atoms with Crippen molar-refractivity contribution in [3.63, 3.8) is 0 Å². The maximum atomic E-state index is 12.2. The Morgan fingerprint density at radius 3 is 2.69 bits per heavy atom. The summed E-state index contributed by atoms with van der Waals surface area (Å²) < 4.78 is 45.7. The third-order valence-corrected chi connectivity index (χ3v) is 1.76. The van der Waals surface area contributed by atoms with E-state index in [2.05, 4.69) is 4.74 Å². The molecular formula is C9H9BF3O3-. The van der Waals surface area contributed by atoms with Crippen LogP contribution >= 0.6 is 0 Å². The summed E-state index contributed by atoms with van der Waals surface area (Å²) in [6.45, 7) is -5.09. The molecule has 0 aliphatic heterocycles. The van der Waals surface area contributed by atoms with Gasteiger partial charge >= 0.3 is 12.9 Å². The number of carbonyl (C=O) groups excluding carboxylic acids is 1. The zero-order valence-electron chi connectivity index (χ0n) is 8.45. The van der Waals surface area contributed by atoms with Gasteiger partial charge in [0.25, 0.3) is 0 Å². The third-order valence-electron chi connectivity index (χ3n) is 1.76. The Hall–Kier alpha value is -1.66. The smallest absolute Gasteiger partial charge is 0.466 e. The number of esters is 1. The summed E-state index contributed by atoms with van der Waals surface area (Å²) in [7, 11) is 1.03. The molecule has 0 N–H and O–H groups in total. The fourth-order valence-corrected chi connectivity index (χ4v) is 1.13. The average molecular weight is 233 g/mol. The minimum atomic E-state index is -5.09. The number of hydrogen-bond acceptors (Lipinski definition) is 3. The molecule has 1 rings (SSSR count). The van der Waals surface area contributed by atoms with Gasteiger partial charge in [0.2, 0.25) is 0 Å². The lowest BCUT2D eigenvalue weighted by atomic mass is 9.81. The molecule has 0 aromatic carbocycles. The van der Waals surface area contributed by atoms with Crippen LogP contribution in [0.1, 0.15) is 5.76 Å². The van der Waals surface area contributed by atoms with E-state index in [4.69, 9.17) is 4.42 Å². The monoisotopic (exact) mass is 233 g/mol. The van der Waals surface area contributed by atoms with Crippen LogP contribution in [0.5, 0.6) is 0 Å². The summed E-state index contributed by atoms with van der Waals surface area (Å²) in [5, 5.41) is 0. The van der Waals surface area contributed by atoms with E-state index in [1.54, 1.807) is 0 Å². The minimum Gasteiger partial charge on any atom is -0.466 e. The second-order valence-electron chi connectivity index (χ2n) is 3.09. The highest BCUT2D eigenvalue weighted by Crippen LogP contribution is 2.23. The molecule has 88 valence electrons. The molecular weight excluding hydrogens is 224 g/mol. The Morgan fingerprint density at radius 1 is 1.56 bits per heavy atom. The topological polar surface area (TPSA) is 39.4 Å². The quantitative estimate of drug-likeness (QED) is 0.455. The Labute approximate surface area is 89.9 Å². The lowest BCUT2D eigenvalue weighted by Crippen LogP contribution is -2.19. The van der Waals surface area contributed by atoms with Crippen LogP contribution in [-0.4, -0.2) is 20.1 Å². The molecule has 0 aliphatic rings. The number of furan rings is 1. The van der Waals surface area contributed by atoms with Crippen molar-refractivity contribution < 1.29 is 26.9 Å². The number of methoxy groups -OCH3 is 1. The first kappa shape index (κ1) is 12.4. The van der Waals surface area contributed by atoms with Gasteiger partial charge in [-0.3, -0.25) is 0 Å². The van der Waals surface area contributed by atoms with Gasteiger partial charge in [0.05, 0.1) is 13.4 Å². The van der Waals surface area contributed by atoms with Gasteiger partial charge in [-0.15, -0.1) is 0 Å². The van der Waals surface area contributed by atoms with Crippen molar-refractivity contribution in [3.8, 4) is 0 Å². The van der Waals surface area contributed by atoms with Crippen LogP contribution in [-0.2, 0) is 9.53 Å². The fourth-order valence-electron chi connectivity index (χ4n) is 1.13. The highest BCUT2D eigenvalue weighted by molar-refractivity contribution is 6.60. The summed E-state index contributed by atoms with van der Waals surface area (Å²) in [6.07, 6.45) is 1.05. The number of ether oxygens (including phenoxy) is 1. The van der Waals surface area contributed by atoms with Gasteiger partial charge in [0.1, 0.15) is 5.76 Å². The molecule has 0 saturated carbocycles. The molecule has 0 amide bonds. The maximum Gasteiger partial charge on any atom is 0.482 e. The molecule has 7 heteroatoms. The lowest BCUT2D eigenvalue weighted by Gasteiger charge is -2.14. The Morgan fingerprint density at radius 2 is 2.25 bits per heavy atom. The standard InChI is InChI=1S/C9H9BF3O3/c1-15-9(14)7(6-10(11,12)13)5-8-3-2-4-16-8/h2-5H,6H2,1H3/q-1/b7-5+. The normalized spacial score (nSPS) is 12.6. The van der Waals surface area contributed by atoms with Gasteiger partial charge in [0.15, 0.2) is 0 Å². The molecule has 0 spiro atoms. The molecule has 0 fully saturated rings. The van der Waals surface area contributed by atoms with E-state index < -0.39 is 24.8 Å². The number of carbonyl (C=O) groups is 1. The third kappa shape index (κ3) is 3.84. The van der Waals surface area contributed by atoms with E-state index >= 15 is 0 Å². The van der Waals surface area contributed by atoms with E-state index in [1.165, 1.54) is 18.4 Å². The lowest BCUT2D eigenvalue weighted by molar-refractivity contribution is -0.136. The van der Waals surface area contributed by atoms with E-state index in [0.29, 0.717) is 0 Å². The van der Waals surface area contributed by atoms with Crippen LogP contribution in [0.15, 0.2) is 28.4 Å². The van der Waals surface area contributed by atoms with Crippen molar-refractivity contribution in [1.29, 1.82) is 0 Å². The first-order valence-electron chi connectivity index (χ1n) is 4.46. The summed E-state index contributed by atoms with van der Waals surface area (Å²) >= 11 is 0. The summed E-state index contributed by atoms with van der Waals surface area (Å²) in [4.78, 5) is 11.1. The van der Waals surface area contributed by atoms with Crippen molar-refractivity contribution in [1.82, 2.24) is 0 Å². The fraction of sp³-hybridized carbons (Fsp3) is 0.222. The number of hydrogen-bond donors (Lipinski definition) is 0. The highest BCUT2D eigenvalue weighted by atomic mass is 19.4. The SMILES string of the molecule is COC(=O)/C(=C/c1ccco1)C[B-](F)(F)F. The van der Waals surface area contributed by atoms with Crippen molar-refractivity contribution >= 4 is 19.0 Å². The molecule has 0 aliphatic carbocycles. The Bertz CT molecular complexity index is 381. The minimum absolute atomic E-state index is 0.181. The predicted octanol–water partition coefficient (Wildman–Crippen LogP) is 2.68. The summed E-state index contributed by atoms with van der Waals surface area (Å²) in [5.74, 6) is -0.823. The number of rotatable bonds is 4. The predicted molar refractivity (Wildman–Crippen MR) is 52.6 cm³/mol. The second kappa shape index (κ2) is 4.91. The van der Waals surface area contributed by atoms with Gasteiger partial charge in [-0.25, -0.2) is 4.79 Å². The van der Waals surface area contributed by atoms with E-state index in [9.17, 15) is 17.7 Å². The van der Waals surface area contributed by atoms with Gasteiger partial charge < -0.3 is 22.1 Å². The molecule has 0 bridgehead atoms. The van der Waals surface area contributed by atoms with Crippen LogP contribution in [0.3, 0.4) is 0 Å². The van der Waals surface area contributed by atoms with Crippen LogP contribution in [0, 0.1) is 0 Å². The van der Waals surface area contributed by atoms with Gasteiger partial charge in [0, 0.05) is 5.57 Å². The van der Waals surface area contributed by atoms with Gasteiger partial charge in [-0.1, -0.05) is 6.32 Å². The Balaban J connectivity index is 2.92. The molecule has 3 nitrogen and oxygen atoms in total. The van der Waals surface area contributed by atoms with E-state index in [-0.39, 0.29) is 5.76 Å². The van der Waals surface area contributed by atoms with Crippen molar-refractivity contribution in [3.05, 3.63) is 29.7 Å². The Kier molecular flexibility index (Phi) is 3.81. The van der Waals surface area contributed by atoms with Crippen LogP contribution in [0.2, 0.25) is 6.32 Å². The molecule has 16 heavy (non-hydrogen) atoms. The first-order valence-corrected chi connectivity index (χ1v) is 4.46. The second-order valence-corrected chi connectivity index (χ2v) is 3.09. The van der Waals surface area contributed by atoms with Crippen LogP contribution < -0.4 is 0 Å². The number of halogens is 3. The van der Waals surface area contributed by atoms with Crippen LogP contribution in [0.25, 0.3) is 6.08 Å². The molecule has 0 saturated heterocycles.